The van der Waals surface area contributed by atoms with Crippen LogP contribution in [0.2, 0.25) is 0 Å². The van der Waals surface area contributed by atoms with Crippen molar-refractivity contribution < 1.29 is 12.8 Å². The van der Waals surface area contributed by atoms with E-state index < -0.39 is 15.8 Å². The molecule has 1 aliphatic rings. The van der Waals surface area contributed by atoms with Gasteiger partial charge in [-0.2, -0.15) is 0 Å². The topological polar surface area (TPSA) is 46.2 Å². The number of hydrogen-bond donors (Lipinski definition) is 1. The van der Waals surface area contributed by atoms with Crippen LogP contribution >= 0.6 is 0 Å². The fraction of sp³-hybridized carbons (Fsp3) is 0.600. The second-order valence-electron chi connectivity index (χ2n) is 5.85. The van der Waals surface area contributed by atoms with Crippen LogP contribution < -0.4 is 4.72 Å². The van der Waals surface area contributed by atoms with Gasteiger partial charge in [-0.05, 0) is 36.8 Å². The molecule has 1 saturated carbocycles. The highest BCUT2D eigenvalue weighted by atomic mass is 32.2. The van der Waals surface area contributed by atoms with Crippen LogP contribution in [0.4, 0.5) is 4.39 Å². The SMILES string of the molecule is CC(C)C1CCCCC1NS(=O)(=O)c1ccccc1F. The molecule has 1 aromatic rings. The lowest BCUT2D eigenvalue weighted by molar-refractivity contribution is 0.226. The van der Waals surface area contributed by atoms with Gasteiger partial charge in [-0.25, -0.2) is 17.5 Å². The summed E-state index contributed by atoms with van der Waals surface area (Å²) < 4.78 is 41.1. The number of hydrogen-bond acceptors (Lipinski definition) is 2. The van der Waals surface area contributed by atoms with Crippen LogP contribution in [0.15, 0.2) is 29.2 Å². The Kier molecular flexibility index (Phi) is 4.81. The van der Waals surface area contributed by atoms with Gasteiger partial charge in [-0.15, -0.1) is 0 Å². The predicted molar refractivity (Wildman–Crippen MR) is 77.3 cm³/mol. The van der Waals surface area contributed by atoms with Gasteiger partial charge >= 0.3 is 0 Å². The van der Waals surface area contributed by atoms with Gasteiger partial charge in [-0.3, -0.25) is 0 Å². The molecule has 1 fully saturated rings. The summed E-state index contributed by atoms with van der Waals surface area (Å²) in [5.74, 6) is 0.0471. The highest BCUT2D eigenvalue weighted by Crippen LogP contribution is 2.31. The lowest BCUT2D eigenvalue weighted by Crippen LogP contribution is -2.44. The summed E-state index contributed by atoms with van der Waals surface area (Å²) in [5.41, 5.74) is 0. The van der Waals surface area contributed by atoms with E-state index in [1.807, 2.05) is 0 Å². The number of rotatable bonds is 4. The van der Waals surface area contributed by atoms with Gasteiger partial charge in [0, 0.05) is 6.04 Å². The Hall–Kier alpha value is -0.940. The minimum atomic E-state index is -3.78. The molecule has 3 nitrogen and oxygen atoms in total. The molecule has 2 rings (SSSR count). The van der Waals surface area contributed by atoms with E-state index in [2.05, 4.69) is 18.6 Å². The second-order valence-corrected chi connectivity index (χ2v) is 7.53. The summed E-state index contributed by atoms with van der Waals surface area (Å²) in [7, 11) is -3.78. The van der Waals surface area contributed by atoms with E-state index in [1.165, 1.54) is 18.2 Å². The predicted octanol–water partition coefficient (Wildman–Crippen LogP) is 3.32. The summed E-state index contributed by atoms with van der Waals surface area (Å²) in [6.07, 6.45) is 4.02. The van der Waals surface area contributed by atoms with E-state index >= 15 is 0 Å². The van der Waals surface area contributed by atoms with Crippen LogP contribution in [0.3, 0.4) is 0 Å². The zero-order chi connectivity index (χ0) is 14.8. The van der Waals surface area contributed by atoms with Crippen molar-refractivity contribution in [3.63, 3.8) is 0 Å². The summed E-state index contributed by atoms with van der Waals surface area (Å²) >= 11 is 0. The van der Waals surface area contributed by atoms with Gasteiger partial charge in [0.15, 0.2) is 0 Å². The smallest absolute Gasteiger partial charge is 0.208 e. The maximum Gasteiger partial charge on any atom is 0.243 e. The number of nitrogens with one attached hydrogen (secondary N) is 1. The average molecular weight is 299 g/mol. The summed E-state index contributed by atoms with van der Waals surface area (Å²) in [5, 5.41) is 0. The molecule has 2 atom stereocenters. The van der Waals surface area contributed by atoms with E-state index in [-0.39, 0.29) is 10.9 Å². The van der Waals surface area contributed by atoms with E-state index in [0.717, 1.165) is 25.7 Å². The molecule has 1 N–H and O–H groups in total. The standard InChI is InChI=1S/C15H22FNO2S/c1-11(2)12-7-3-5-9-14(12)17-20(18,19)15-10-6-4-8-13(15)16/h4,6,8,10-12,14,17H,3,5,7,9H2,1-2H3. The summed E-state index contributed by atoms with van der Waals surface area (Å²) in [6.45, 7) is 4.22. The number of benzene rings is 1. The molecule has 112 valence electrons. The normalized spacial score (nSPS) is 24.0. The molecule has 0 amide bonds. The van der Waals surface area contributed by atoms with E-state index in [1.54, 1.807) is 6.07 Å². The minimum Gasteiger partial charge on any atom is -0.208 e. The highest BCUT2D eigenvalue weighted by molar-refractivity contribution is 7.89. The molecule has 0 heterocycles. The maximum atomic E-state index is 13.7. The van der Waals surface area contributed by atoms with Crippen molar-refractivity contribution in [1.29, 1.82) is 0 Å². The van der Waals surface area contributed by atoms with Crippen LogP contribution in [0.25, 0.3) is 0 Å². The van der Waals surface area contributed by atoms with Gasteiger partial charge in [-0.1, -0.05) is 38.8 Å². The van der Waals surface area contributed by atoms with Gasteiger partial charge in [0.25, 0.3) is 0 Å². The molecule has 20 heavy (non-hydrogen) atoms. The Labute approximate surface area is 120 Å². The second kappa shape index (κ2) is 6.22. The third-order valence-electron chi connectivity index (χ3n) is 4.11. The molecule has 1 aromatic carbocycles. The van der Waals surface area contributed by atoms with E-state index in [9.17, 15) is 12.8 Å². The first-order chi connectivity index (χ1) is 9.42. The Balaban J connectivity index is 2.21. The fourth-order valence-electron chi connectivity index (χ4n) is 3.03. The van der Waals surface area contributed by atoms with Crippen molar-refractivity contribution in [2.75, 3.05) is 0 Å². The van der Waals surface area contributed by atoms with Crippen molar-refractivity contribution in [2.24, 2.45) is 11.8 Å². The average Bonchev–Trinajstić information content (AvgIpc) is 2.39. The van der Waals surface area contributed by atoms with Crippen LogP contribution in [0.1, 0.15) is 39.5 Å². The molecule has 5 heteroatoms. The first-order valence-corrected chi connectivity index (χ1v) is 8.67. The highest BCUT2D eigenvalue weighted by Gasteiger charge is 2.32. The lowest BCUT2D eigenvalue weighted by atomic mass is 9.78. The quantitative estimate of drug-likeness (QED) is 0.927. The molecular formula is C15H22FNO2S. The molecule has 2 unspecified atom stereocenters. The summed E-state index contributed by atoms with van der Waals surface area (Å²) in [4.78, 5) is -0.256. The van der Waals surface area contributed by atoms with Crippen LogP contribution in [0.5, 0.6) is 0 Å². The van der Waals surface area contributed by atoms with Crippen molar-refractivity contribution >= 4 is 10.0 Å². The van der Waals surface area contributed by atoms with Gasteiger partial charge in [0.2, 0.25) is 10.0 Å². The van der Waals surface area contributed by atoms with Crippen molar-refractivity contribution in [3.05, 3.63) is 30.1 Å². The molecule has 0 bridgehead atoms. The fourth-order valence-corrected chi connectivity index (χ4v) is 4.43. The molecule has 0 saturated heterocycles. The largest absolute Gasteiger partial charge is 0.243 e. The zero-order valence-electron chi connectivity index (χ0n) is 12.0. The molecule has 0 spiro atoms. The molecular weight excluding hydrogens is 277 g/mol. The van der Waals surface area contributed by atoms with Crippen molar-refractivity contribution in [3.8, 4) is 0 Å². The monoisotopic (exact) mass is 299 g/mol. The third kappa shape index (κ3) is 3.38. The zero-order valence-corrected chi connectivity index (χ0v) is 12.8. The number of sulfonamides is 1. The Morgan fingerprint density at radius 1 is 1.20 bits per heavy atom. The van der Waals surface area contributed by atoms with Crippen molar-refractivity contribution in [2.45, 2.75) is 50.5 Å². The van der Waals surface area contributed by atoms with Crippen LogP contribution in [0, 0.1) is 17.7 Å². The van der Waals surface area contributed by atoms with E-state index in [4.69, 9.17) is 0 Å². The molecule has 0 aromatic heterocycles. The molecule has 0 aliphatic heterocycles. The Morgan fingerprint density at radius 2 is 1.85 bits per heavy atom. The lowest BCUT2D eigenvalue weighted by Gasteiger charge is -2.34. The van der Waals surface area contributed by atoms with Crippen LogP contribution in [-0.4, -0.2) is 14.5 Å². The maximum absolute atomic E-state index is 13.7. The van der Waals surface area contributed by atoms with Crippen molar-refractivity contribution in [1.82, 2.24) is 4.72 Å². The molecule has 1 aliphatic carbocycles. The van der Waals surface area contributed by atoms with Gasteiger partial charge in [0.05, 0.1) is 0 Å². The first kappa shape index (κ1) is 15.4. The Bertz CT molecular complexity index is 557. The third-order valence-corrected chi connectivity index (χ3v) is 5.63. The first-order valence-electron chi connectivity index (χ1n) is 7.18. The molecule has 0 radical (unpaired) electrons. The Morgan fingerprint density at radius 3 is 2.50 bits per heavy atom. The van der Waals surface area contributed by atoms with E-state index in [0.29, 0.717) is 11.8 Å². The van der Waals surface area contributed by atoms with Gasteiger partial charge in [0.1, 0.15) is 10.7 Å². The van der Waals surface area contributed by atoms with Gasteiger partial charge < -0.3 is 0 Å². The summed E-state index contributed by atoms with van der Waals surface area (Å²) in [6, 6.07) is 5.43. The van der Waals surface area contributed by atoms with Crippen LogP contribution in [-0.2, 0) is 10.0 Å². The number of halogens is 1. The minimum absolute atomic E-state index is 0.0895.